The van der Waals surface area contributed by atoms with Crippen molar-refractivity contribution in [2.75, 3.05) is 0 Å². The molecule has 1 aliphatic carbocycles. The molecule has 0 radical (unpaired) electrons. The van der Waals surface area contributed by atoms with Crippen molar-refractivity contribution in [3.8, 4) is 11.5 Å². The van der Waals surface area contributed by atoms with E-state index in [4.69, 9.17) is 4.74 Å². The van der Waals surface area contributed by atoms with Gasteiger partial charge in [0.1, 0.15) is 18.1 Å². The number of hydrogen-bond acceptors (Lipinski definition) is 3. The Morgan fingerprint density at radius 1 is 1.12 bits per heavy atom. The summed E-state index contributed by atoms with van der Waals surface area (Å²) in [6.07, 6.45) is -0.420. The lowest BCUT2D eigenvalue weighted by molar-refractivity contribution is -0.138. The van der Waals surface area contributed by atoms with Crippen molar-refractivity contribution in [1.29, 1.82) is 0 Å². The Morgan fingerprint density at radius 2 is 1.85 bits per heavy atom. The molecule has 0 unspecified atom stereocenters. The van der Waals surface area contributed by atoms with Gasteiger partial charge in [0.2, 0.25) is 0 Å². The second kappa shape index (κ2) is 7.40. The number of phenolic OH excluding ortho intramolecular Hbond substituents is 1. The molecule has 0 heterocycles. The standard InChI is InChI=1S/C20H19F3O3/c21-20(22,23)18-10-16(7-8-17(18)14-3-1-2-4-14)26-12-13-5-6-15(11-24)19(25)9-13/h5-11,14,25H,1-4,12H2. The molecule has 2 aromatic carbocycles. The summed E-state index contributed by atoms with van der Waals surface area (Å²) in [6.45, 7) is -0.00717. The molecule has 0 aromatic heterocycles. The van der Waals surface area contributed by atoms with Gasteiger partial charge < -0.3 is 9.84 Å². The monoisotopic (exact) mass is 364 g/mol. The Hall–Kier alpha value is -2.50. The molecule has 0 atom stereocenters. The highest BCUT2D eigenvalue weighted by Crippen LogP contribution is 2.42. The first-order chi connectivity index (χ1) is 12.4. The largest absolute Gasteiger partial charge is 0.507 e. The van der Waals surface area contributed by atoms with E-state index < -0.39 is 11.7 Å². The predicted molar refractivity (Wildman–Crippen MR) is 90.5 cm³/mol. The van der Waals surface area contributed by atoms with Crippen molar-refractivity contribution < 1.29 is 27.8 Å². The molecule has 0 saturated heterocycles. The molecular weight excluding hydrogens is 345 g/mol. The third-order valence-corrected chi connectivity index (χ3v) is 4.75. The second-order valence-corrected chi connectivity index (χ2v) is 6.53. The first-order valence-corrected chi connectivity index (χ1v) is 8.49. The van der Waals surface area contributed by atoms with Crippen LogP contribution in [-0.4, -0.2) is 11.4 Å². The van der Waals surface area contributed by atoms with Gasteiger partial charge in [0.25, 0.3) is 0 Å². The van der Waals surface area contributed by atoms with Gasteiger partial charge in [-0.15, -0.1) is 0 Å². The number of aldehydes is 1. The van der Waals surface area contributed by atoms with Gasteiger partial charge in [0, 0.05) is 0 Å². The molecule has 3 nitrogen and oxygen atoms in total. The van der Waals surface area contributed by atoms with E-state index in [9.17, 15) is 23.1 Å². The van der Waals surface area contributed by atoms with E-state index in [1.807, 2.05) is 0 Å². The molecule has 0 spiro atoms. The van der Waals surface area contributed by atoms with Crippen molar-refractivity contribution in [2.24, 2.45) is 0 Å². The van der Waals surface area contributed by atoms with E-state index in [0.29, 0.717) is 17.4 Å². The summed E-state index contributed by atoms with van der Waals surface area (Å²) in [6, 6.07) is 8.50. The molecule has 1 saturated carbocycles. The van der Waals surface area contributed by atoms with E-state index in [1.54, 1.807) is 12.1 Å². The molecule has 26 heavy (non-hydrogen) atoms. The predicted octanol–water partition coefficient (Wildman–Crippen LogP) is 5.46. The summed E-state index contributed by atoms with van der Waals surface area (Å²) < 4.78 is 45.9. The Bertz CT molecular complexity index is 793. The number of rotatable bonds is 5. The van der Waals surface area contributed by atoms with Crippen molar-refractivity contribution in [1.82, 2.24) is 0 Å². The molecule has 0 aliphatic heterocycles. The van der Waals surface area contributed by atoms with Crippen LogP contribution in [0.3, 0.4) is 0 Å². The highest BCUT2D eigenvalue weighted by Gasteiger charge is 2.36. The van der Waals surface area contributed by atoms with Crippen LogP contribution in [0.5, 0.6) is 11.5 Å². The Kier molecular flexibility index (Phi) is 5.20. The maximum Gasteiger partial charge on any atom is 0.416 e. The van der Waals surface area contributed by atoms with Gasteiger partial charge in [0.05, 0.1) is 11.1 Å². The minimum atomic E-state index is -4.43. The number of halogens is 3. The van der Waals surface area contributed by atoms with E-state index in [1.165, 1.54) is 18.2 Å². The van der Waals surface area contributed by atoms with Crippen molar-refractivity contribution in [3.63, 3.8) is 0 Å². The lowest BCUT2D eigenvalue weighted by Gasteiger charge is -2.19. The third-order valence-electron chi connectivity index (χ3n) is 4.75. The van der Waals surface area contributed by atoms with Crippen LogP contribution in [-0.2, 0) is 12.8 Å². The summed E-state index contributed by atoms with van der Waals surface area (Å²) in [7, 11) is 0. The van der Waals surface area contributed by atoms with E-state index in [-0.39, 0.29) is 29.6 Å². The topological polar surface area (TPSA) is 46.5 Å². The van der Waals surface area contributed by atoms with Crippen molar-refractivity contribution >= 4 is 6.29 Å². The number of benzene rings is 2. The fourth-order valence-electron chi connectivity index (χ4n) is 3.41. The molecule has 6 heteroatoms. The molecule has 1 fully saturated rings. The molecular formula is C20H19F3O3. The van der Waals surface area contributed by atoms with Crippen LogP contribution in [0.4, 0.5) is 13.2 Å². The van der Waals surface area contributed by atoms with Gasteiger partial charge in [0.15, 0.2) is 6.29 Å². The molecule has 1 aliphatic rings. The highest BCUT2D eigenvalue weighted by atomic mass is 19.4. The Labute approximate surface area is 149 Å². The van der Waals surface area contributed by atoms with E-state index >= 15 is 0 Å². The fraction of sp³-hybridized carbons (Fsp3) is 0.350. The van der Waals surface area contributed by atoms with Crippen LogP contribution in [0, 0.1) is 0 Å². The third kappa shape index (κ3) is 4.00. The van der Waals surface area contributed by atoms with Crippen molar-refractivity contribution in [2.45, 2.75) is 44.4 Å². The number of alkyl halides is 3. The second-order valence-electron chi connectivity index (χ2n) is 6.53. The number of hydrogen-bond donors (Lipinski definition) is 1. The van der Waals surface area contributed by atoms with Gasteiger partial charge in [-0.2, -0.15) is 13.2 Å². The zero-order valence-corrected chi connectivity index (χ0v) is 14.1. The van der Waals surface area contributed by atoms with Gasteiger partial charge >= 0.3 is 6.18 Å². The molecule has 2 aromatic rings. The zero-order valence-electron chi connectivity index (χ0n) is 14.1. The van der Waals surface area contributed by atoms with E-state index in [2.05, 4.69) is 0 Å². The molecule has 138 valence electrons. The van der Waals surface area contributed by atoms with Crippen LogP contribution < -0.4 is 4.74 Å². The average molecular weight is 364 g/mol. The van der Waals surface area contributed by atoms with E-state index in [0.717, 1.165) is 31.7 Å². The highest BCUT2D eigenvalue weighted by molar-refractivity contribution is 5.79. The number of ether oxygens (including phenoxy) is 1. The quantitative estimate of drug-likeness (QED) is 0.717. The van der Waals surface area contributed by atoms with Gasteiger partial charge in [-0.25, -0.2) is 0 Å². The average Bonchev–Trinajstić information content (AvgIpc) is 3.13. The summed E-state index contributed by atoms with van der Waals surface area (Å²) in [5, 5.41) is 9.66. The maximum atomic E-state index is 13.5. The molecule has 0 amide bonds. The van der Waals surface area contributed by atoms with Gasteiger partial charge in [-0.1, -0.05) is 25.0 Å². The number of aromatic hydroxyl groups is 1. The molecule has 0 bridgehead atoms. The molecule has 3 rings (SSSR count). The number of carbonyl (C=O) groups is 1. The summed E-state index contributed by atoms with van der Waals surface area (Å²) in [5.41, 5.74) is 0.409. The molecule has 1 N–H and O–H groups in total. The maximum absolute atomic E-state index is 13.5. The van der Waals surface area contributed by atoms with Crippen LogP contribution in [0.2, 0.25) is 0 Å². The van der Waals surface area contributed by atoms with Crippen LogP contribution >= 0.6 is 0 Å². The zero-order chi connectivity index (χ0) is 18.7. The summed E-state index contributed by atoms with van der Waals surface area (Å²) >= 11 is 0. The SMILES string of the molecule is O=Cc1ccc(COc2ccc(C3CCCC3)c(C(F)(F)F)c2)cc1O. The van der Waals surface area contributed by atoms with Crippen LogP contribution in [0.1, 0.15) is 58.6 Å². The van der Waals surface area contributed by atoms with Crippen molar-refractivity contribution in [3.05, 3.63) is 58.7 Å². The van der Waals surface area contributed by atoms with Gasteiger partial charge in [-0.05, 0) is 54.2 Å². The first kappa shape index (κ1) is 18.3. The minimum absolute atomic E-state index is 0.00717. The van der Waals surface area contributed by atoms with Crippen LogP contribution in [0.15, 0.2) is 36.4 Å². The first-order valence-electron chi connectivity index (χ1n) is 8.49. The smallest absolute Gasteiger partial charge is 0.416 e. The Morgan fingerprint density at radius 3 is 2.46 bits per heavy atom. The minimum Gasteiger partial charge on any atom is -0.507 e. The number of carbonyl (C=O) groups excluding carboxylic acids is 1. The number of phenols is 1. The Balaban J connectivity index is 1.80. The van der Waals surface area contributed by atoms with Gasteiger partial charge in [-0.3, -0.25) is 4.79 Å². The van der Waals surface area contributed by atoms with Crippen LogP contribution in [0.25, 0.3) is 0 Å². The summed E-state index contributed by atoms with van der Waals surface area (Å²) in [5.74, 6) is -0.111. The summed E-state index contributed by atoms with van der Waals surface area (Å²) in [4.78, 5) is 10.7. The normalized spacial score (nSPS) is 15.2. The lowest BCUT2D eigenvalue weighted by Crippen LogP contribution is -2.11. The lowest BCUT2D eigenvalue weighted by atomic mass is 9.92. The fourth-order valence-corrected chi connectivity index (χ4v) is 3.41.